The SMILES string of the molecule is [N-]=[N+]=Nc1ccc(C=C=CC(=O)C=C=Cc2ccc(N=[N+]=[N-])cc2)cc1. The molecule has 124 valence electrons. The number of carbonyl (C=O) groups is 1. The molecule has 7 heteroatoms. The molecule has 0 fully saturated rings. The Labute approximate surface area is 149 Å². The molecule has 0 spiro atoms. The van der Waals surface area contributed by atoms with E-state index in [4.69, 9.17) is 11.1 Å². The van der Waals surface area contributed by atoms with Gasteiger partial charge in [0.1, 0.15) is 0 Å². The summed E-state index contributed by atoms with van der Waals surface area (Å²) in [6.07, 6.45) is 5.88. The Bertz CT molecular complexity index is 925. The average molecular weight is 340 g/mol. The van der Waals surface area contributed by atoms with Gasteiger partial charge < -0.3 is 0 Å². The molecule has 0 N–H and O–H groups in total. The maximum Gasteiger partial charge on any atom is 0.193 e. The van der Waals surface area contributed by atoms with Gasteiger partial charge in [0.25, 0.3) is 0 Å². The van der Waals surface area contributed by atoms with Crippen molar-refractivity contribution in [2.24, 2.45) is 10.2 Å². The zero-order valence-corrected chi connectivity index (χ0v) is 13.5. The number of nitrogens with zero attached hydrogens (tertiary/aromatic N) is 6. The third kappa shape index (κ3) is 6.11. The number of hydrogen-bond acceptors (Lipinski definition) is 3. The van der Waals surface area contributed by atoms with Gasteiger partial charge in [-0.2, -0.15) is 0 Å². The molecule has 0 atom stereocenters. The van der Waals surface area contributed by atoms with Crippen LogP contribution >= 0.6 is 0 Å². The van der Waals surface area contributed by atoms with Gasteiger partial charge in [-0.05, 0) is 34.3 Å². The molecule has 0 bridgehead atoms. The molecular weight excluding hydrogens is 328 g/mol. The minimum absolute atomic E-state index is 0.256. The molecule has 26 heavy (non-hydrogen) atoms. The zero-order valence-electron chi connectivity index (χ0n) is 13.5. The van der Waals surface area contributed by atoms with Crippen LogP contribution in [0, 0.1) is 0 Å². The van der Waals surface area contributed by atoms with Crippen molar-refractivity contribution in [2.45, 2.75) is 0 Å². The van der Waals surface area contributed by atoms with E-state index in [0.717, 1.165) is 11.1 Å². The molecule has 0 radical (unpaired) electrons. The Morgan fingerprint density at radius 3 is 1.50 bits per heavy atom. The van der Waals surface area contributed by atoms with Crippen molar-refractivity contribution in [3.8, 4) is 0 Å². The van der Waals surface area contributed by atoms with Crippen LogP contribution in [0.4, 0.5) is 11.4 Å². The lowest BCUT2D eigenvalue weighted by molar-refractivity contribution is -0.110. The Morgan fingerprint density at radius 1 is 0.769 bits per heavy atom. The number of benzene rings is 2. The van der Waals surface area contributed by atoms with Crippen LogP contribution in [0.3, 0.4) is 0 Å². The lowest BCUT2D eigenvalue weighted by atomic mass is 10.2. The normalized spacial score (nSPS) is 8.62. The van der Waals surface area contributed by atoms with Gasteiger partial charge in [-0.15, -0.1) is 11.5 Å². The number of allylic oxidation sites excluding steroid dienone is 2. The zero-order chi connectivity index (χ0) is 18.6. The fourth-order valence-electron chi connectivity index (χ4n) is 1.86. The van der Waals surface area contributed by atoms with E-state index in [2.05, 4.69) is 31.5 Å². The standard InChI is InChI=1S/C19H12N6O/c20-24-22-17-11-7-15(8-12-17)3-1-5-19(26)6-2-4-16-9-13-18(14-10-16)23-25-21/h3-14H. The molecule has 2 aromatic rings. The quantitative estimate of drug-likeness (QED) is 0.202. The van der Waals surface area contributed by atoms with Crippen LogP contribution in [0.1, 0.15) is 11.1 Å². The number of azide groups is 2. The Hall–Kier alpha value is -4.23. The van der Waals surface area contributed by atoms with Gasteiger partial charge in [0.05, 0.1) is 0 Å². The highest BCUT2D eigenvalue weighted by atomic mass is 16.1. The second-order valence-corrected chi connectivity index (χ2v) is 4.88. The first-order valence-electron chi connectivity index (χ1n) is 7.40. The van der Waals surface area contributed by atoms with E-state index in [9.17, 15) is 4.79 Å². The number of rotatable bonds is 6. The third-order valence-corrected chi connectivity index (χ3v) is 3.06. The van der Waals surface area contributed by atoms with E-state index in [1.807, 2.05) is 0 Å². The van der Waals surface area contributed by atoms with E-state index in [1.54, 1.807) is 60.7 Å². The second kappa shape index (κ2) is 9.81. The van der Waals surface area contributed by atoms with Gasteiger partial charge in [-0.1, -0.05) is 58.8 Å². The van der Waals surface area contributed by atoms with E-state index < -0.39 is 0 Å². The summed E-state index contributed by atoms with van der Waals surface area (Å²) in [6.45, 7) is 0. The van der Waals surface area contributed by atoms with Crippen LogP contribution < -0.4 is 0 Å². The van der Waals surface area contributed by atoms with Crippen molar-refractivity contribution < 1.29 is 4.79 Å². The number of carbonyl (C=O) groups excluding carboxylic acids is 1. The van der Waals surface area contributed by atoms with Crippen molar-refractivity contribution in [3.63, 3.8) is 0 Å². The lowest BCUT2D eigenvalue weighted by Gasteiger charge is -1.92. The summed E-state index contributed by atoms with van der Waals surface area (Å²) in [5, 5.41) is 6.95. The summed E-state index contributed by atoms with van der Waals surface area (Å²) >= 11 is 0. The second-order valence-electron chi connectivity index (χ2n) is 4.88. The highest BCUT2D eigenvalue weighted by Crippen LogP contribution is 2.14. The highest BCUT2D eigenvalue weighted by Gasteiger charge is 1.90. The highest BCUT2D eigenvalue weighted by molar-refractivity contribution is 5.99. The van der Waals surface area contributed by atoms with Crippen LogP contribution in [-0.2, 0) is 4.79 Å². The molecule has 2 rings (SSSR count). The van der Waals surface area contributed by atoms with E-state index in [1.165, 1.54) is 12.2 Å². The fourth-order valence-corrected chi connectivity index (χ4v) is 1.86. The molecule has 0 aliphatic rings. The van der Waals surface area contributed by atoms with Crippen molar-refractivity contribution >= 4 is 29.3 Å². The van der Waals surface area contributed by atoms with Gasteiger partial charge in [-0.3, -0.25) is 4.79 Å². The van der Waals surface area contributed by atoms with E-state index in [0.29, 0.717) is 11.4 Å². The summed E-state index contributed by atoms with van der Waals surface area (Å²) < 4.78 is 0. The Balaban J connectivity index is 1.99. The minimum Gasteiger partial charge on any atom is -0.289 e. The average Bonchev–Trinajstić information content (AvgIpc) is 2.65. The van der Waals surface area contributed by atoms with Crippen LogP contribution in [0.2, 0.25) is 0 Å². The van der Waals surface area contributed by atoms with Gasteiger partial charge >= 0.3 is 0 Å². The maximum absolute atomic E-state index is 11.7. The minimum atomic E-state index is -0.256. The van der Waals surface area contributed by atoms with Crippen LogP contribution in [-0.4, -0.2) is 5.78 Å². The summed E-state index contributed by atoms with van der Waals surface area (Å²) in [5.41, 5.74) is 24.9. The molecular formula is C19H12N6O. The number of hydrogen-bond donors (Lipinski definition) is 0. The molecule has 2 aromatic carbocycles. The first-order valence-corrected chi connectivity index (χ1v) is 7.40. The molecule has 0 unspecified atom stereocenters. The monoisotopic (exact) mass is 340 g/mol. The first kappa shape index (κ1) is 18.1. The van der Waals surface area contributed by atoms with Crippen molar-refractivity contribution in [2.75, 3.05) is 0 Å². The van der Waals surface area contributed by atoms with Crippen molar-refractivity contribution in [1.82, 2.24) is 0 Å². The summed E-state index contributed by atoms with van der Waals surface area (Å²) in [5.74, 6) is -0.256. The molecule has 0 aliphatic heterocycles. The summed E-state index contributed by atoms with van der Waals surface area (Å²) in [7, 11) is 0. The Morgan fingerprint density at radius 2 is 1.15 bits per heavy atom. The van der Waals surface area contributed by atoms with E-state index in [-0.39, 0.29) is 5.78 Å². The molecule has 7 nitrogen and oxygen atoms in total. The van der Waals surface area contributed by atoms with Gasteiger partial charge in [0, 0.05) is 33.4 Å². The summed E-state index contributed by atoms with van der Waals surface area (Å²) in [4.78, 5) is 17.1. The predicted octanol–water partition coefficient (Wildman–Crippen LogP) is 6.18. The van der Waals surface area contributed by atoms with Gasteiger partial charge in [0.15, 0.2) is 5.78 Å². The van der Waals surface area contributed by atoms with Crippen molar-refractivity contribution in [3.05, 3.63) is 104 Å². The molecule has 0 saturated heterocycles. The number of ketones is 1. The molecule has 0 aromatic heterocycles. The molecule has 0 heterocycles. The molecule has 0 saturated carbocycles. The third-order valence-electron chi connectivity index (χ3n) is 3.06. The largest absolute Gasteiger partial charge is 0.289 e. The van der Waals surface area contributed by atoms with Crippen LogP contribution in [0.15, 0.2) is 82.4 Å². The smallest absolute Gasteiger partial charge is 0.193 e. The first-order chi connectivity index (χ1) is 12.7. The summed E-state index contributed by atoms with van der Waals surface area (Å²) in [6, 6.07) is 13.7. The Kier molecular flexibility index (Phi) is 6.83. The van der Waals surface area contributed by atoms with Crippen LogP contribution in [0.25, 0.3) is 33.0 Å². The fraction of sp³-hybridized carbons (Fsp3) is 0. The molecule has 0 amide bonds. The topological polar surface area (TPSA) is 115 Å². The van der Waals surface area contributed by atoms with Gasteiger partial charge in [-0.25, -0.2) is 0 Å². The predicted molar refractivity (Wildman–Crippen MR) is 101 cm³/mol. The van der Waals surface area contributed by atoms with E-state index >= 15 is 0 Å². The maximum atomic E-state index is 11.7. The van der Waals surface area contributed by atoms with Crippen molar-refractivity contribution in [1.29, 1.82) is 0 Å². The van der Waals surface area contributed by atoms with Gasteiger partial charge in [0.2, 0.25) is 0 Å². The van der Waals surface area contributed by atoms with Crippen LogP contribution in [0.5, 0.6) is 0 Å². The lowest BCUT2D eigenvalue weighted by Crippen LogP contribution is -1.81. The molecule has 0 aliphatic carbocycles.